The van der Waals surface area contributed by atoms with Crippen molar-refractivity contribution in [3.05, 3.63) is 45.3 Å². The van der Waals surface area contributed by atoms with E-state index in [2.05, 4.69) is 10.3 Å². The van der Waals surface area contributed by atoms with Gasteiger partial charge in [0.05, 0.1) is 5.02 Å². The Morgan fingerprint density at radius 3 is 2.54 bits per heavy atom. The second-order valence-corrected chi connectivity index (χ2v) is 5.80. The van der Waals surface area contributed by atoms with Crippen LogP contribution in [0.4, 0.5) is 17.6 Å². The number of hydrogen-bond acceptors (Lipinski definition) is 4. The van der Waals surface area contributed by atoms with Gasteiger partial charge in [-0.25, -0.2) is 4.68 Å². The molecule has 1 aromatic heterocycles. The molecule has 1 heterocycles. The van der Waals surface area contributed by atoms with Crippen molar-refractivity contribution in [3.63, 3.8) is 0 Å². The molecular weight excluding hydrogens is 401 g/mol. The Morgan fingerprint density at radius 2 is 2.00 bits per heavy atom. The first-order valence-electron chi connectivity index (χ1n) is 7.21. The maximum absolute atomic E-state index is 14.0. The number of aryl methyl sites for hydroxylation is 1. The maximum Gasteiger partial charge on any atom is 0.438 e. The molecule has 0 aliphatic rings. The summed E-state index contributed by atoms with van der Waals surface area (Å²) >= 11 is 11.9. The molecule has 5 nitrogen and oxygen atoms in total. The van der Waals surface area contributed by atoms with Gasteiger partial charge in [-0.2, -0.15) is 22.7 Å². The van der Waals surface area contributed by atoms with Crippen LogP contribution in [0.1, 0.15) is 18.2 Å². The number of alkyl halides is 3. The molecule has 0 fully saturated rings. The van der Waals surface area contributed by atoms with Gasteiger partial charge in [-0.1, -0.05) is 28.4 Å². The van der Waals surface area contributed by atoms with Crippen molar-refractivity contribution in [2.45, 2.75) is 13.1 Å². The third-order valence-corrected chi connectivity index (χ3v) is 3.65. The average molecular weight is 414 g/mol. The van der Waals surface area contributed by atoms with Crippen molar-refractivity contribution in [1.29, 1.82) is 0 Å². The van der Waals surface area contributed by atoms with E-state index in [1.165, 1.54) is 18.2 Å². The van der Waals surface area contributed by atoms with Crippen LogP contribution in [0.2, 0.25) is 10.0 Å². The lowest BCUT2D eigenvalue weighted by Crippen LogP contribution is -2.16. The molecule has 0 saturated carbocycles. The van der Waals surface area contributed by atoms with Crippen LogP contribution >= 0.6 is 23.2 Å². The zero-order valence-corrected chi connectivity index (χ0v) is 15.1. The van der Waals surface area contributed by atoms with E-state index in [0.29, 0.717) is 15.3 Å². The molecule has 11 heteroatoms. The second kappa shape index (κ2) is 8.13. The van der Waals surface area contributed by atoms with Crippen LogP contribution < -0.4 is 4.74 Å². The highest BCUT2D eigenvalue weighted by molar-refractivity contribution is 6.37. The summed E-state index contributed by atoms with van der Waals surface area (Å²) in [6.45, 7) is 1.50. The molecule has 2 rings (SSSR count). The van der Waals surface area contributed by atoms with E-state index in [1.807, 2.05) is 0 Å². The molecule has 0 bridgehead atoms. The predicted molar refractivity (Wildman–Crippen MR) is 88.3 cm³/mol. The van der Waals surface area contributed by atoms with Gasteiger partial charge in [-0.3, -0.25) is 0 Å². The lowest BCUT2D eigenvalue weighted by Gasteiger charge is -2.11. The molecule has 0 N–H and O–H groups in total. The largest absolute Gasteiger partial charge is 0.469 e. The number of aromatic nitrogens is 2. The van der Waals surface area contributed by atoms with E-state index in [0.717, 1.165) is 7.05 Å². The monoisotopic (exact) mass is 413 g/mol. The third-order valence-electron chi connectivity index (χ3n) is 3.10. The fraction of sp³-hybridized carbons (Fsp3) is 0.333. The lowest BCUT2D eigenvalue weighted by molar-refractivity contribution is -0.143. The van der Waals surface area contributed by atoms with E-state index in [-0.39, 0.29) is 17.3 Å². The van der Waals surface area contributed by atoms with Crippen LogP contribution in [0.25, 0.3) is 0 Å². The molecule has 2 aromatic rings. The predicted octanol–water partition coefficient (Wildman–Crippen LogP) is 4.70. The minimum Gasteiger partial charge on any atom is -0.469 e. The number of nitrogens with zero attached hydrogens (tertiary/aromatic N) is 3. The number of oxime groups is 1. The van der Waals surface area contributed by atoms with Crippen LogP contribution in [0, 0.1) is 5.82 Å². The Kier molecular flexibility index (Phi) is 6.35. The molecular formula is C15H13Cl2F4N3O2. The Morgan fingerprint density at radius 1 is 1.31 bits per heavy atom. The van der Waals surface area contributed by atoms with Gasteiger partial charge < -0.3 is 9.57 Å². The van der Waals surface area contributed by atoms with E-state index in [4.69, 9.17) is 32.8 Å². The molecule has 26 heavy (non-hydrogen) atoms. The smallest absolute Gasteiger partial charge is 0.438 e. The number of rotatable bonds is 6. The van der Waals surface area contributed by atoms with Gasteiger partial charge in [0.25, 0.3) is 0 Å². The van der Waals surface area contributed by atoms with Gasteiger partial charge in [0.1, 0.15) is 18.9 Å². The molecule has 0 aliphatic carbocycles. The molecule has 0 amide bonds. The molecule has 0 unspecified atom stereocenters. The Balaban J connectivity index is 2.30. The summed E-state index contributed by atoms with van der Waals surface area (Å²) in [6.07, 6.45) is -4.94. The van der Waals surface area contributed by atoms with Crippen molar-refractivity contribution in [1.82, 2.24) is 9.78 Å². The highest BCUT2D eigenvalue weighted by Gasteiger charge is 2.40. The van der Waals surface area contributed by atoms with Crippen LogP contribution in [0.5, 0.6) is 5.88 Å². The summed E-state index contributed by atoms with van der Waals surface area (Å²) in [4.78, 5) is 4.96. The molecule has 0 aliphatic heterocycles. The molecule has 1 aromatic carbocycles. The normalized spacial score (nSPS) is 12.4. The standard InChI is InChI=1S/C15H13Cl2F4N3O2/c1-3-26-23-11(9-5-4-8(16)6-10(9)17)7-25-14-12(18)13(15(19,20)21)22-24(14)2/h4-6H,3,7H2,1-2H3/b23-11-. The van der Waals surface area contributed by atoms with Gasteiger partial charge in [-0.05, 0) is 25.1 Å². The fourth-order valence-corrected chi connectivity index (χ4v) is 2.49. The average Bonchev–Trinajstić information content (AvgIpc) is 2.83. The summed E-state index contributed by atoms with van der Waals surface area (Å²) in [6, 6.07) is 4.52. The molecule has 0 atom stereocenters. The fourth-order valence-electron chi connectivity index (χ4n) is 1.98. The highest BCUT2D eigenvalue weighted by atomic mass is 35.5. The quantitative estimate of drug-likeness (QED) is 0.391. The highest BCUT2D eigenvalue weighted by Crippen LogP contribution is 2.34. The first-order valence-corrected chi connectivity index (χ1v) is 7.97. The van der Waals surface area contributed by atoms with E-state index >= 15 is 0 Å². The van der Waals surface area contributed by atoms with Gasteiger partial charge >= 0.3 is 6.18 Å². The SMILES string of the molecule is CCO/N=C(/COc1c(F)c(C(F)(F)F)nn1C)c1ccc(Cl)cc1Cl. The van der Waals surface area contributed by atoms with E-state index in [9.17, 15) is 17.6 Å². The van der Waals surface area contributed by atoms with Crippen LogP contribution in [0.15, 0.2) is 23.4 Å². The van der Waals surface area contributed by atoms with Crippen molar-refractivity contribution >= 4 is 28.9 Å². The maximum atomic E-state index is 14.0. The van der Waals surface area contributed by atoms with E-state index in [1.54, 1.807) is 6.92 Å². The molecule has 142 valence electrons. The zero-order chi connectivity index (χ0) is 19.5. The summed E-state index contributed by atoms with van der Waals surface area (Å²) < 4.78 is 58.0. The number of halogens is 6. The zero-order valence-electron chi connectivity index (χ0n) is 13.6. The Hall–Kier alpha value is -2.00. The Bertz CT molecular complexity index is 822. The van der Waals surface area contributed by atoms with Gasteiger partial charge in [-0.15, -0.1) is 0 Å². The van der Waals surface area contributed by atoms with Crippen LogP contribution in [0.3, 0.4) is 0 Å². The first kappa shape index (κ1) is 20.3. The van der Waals surface area contributed by atoms with Crippen molar-refractivity contribution in [2.24, 2.45) is 12.2 Å². The Labute approximate surface area is 156 Å². The third kappa shape index (κ3) is 4.59. The molecule has 0 saturated heterocycles. The van der Waals surface area contributed by atoms with Gasteiger partial charge in [0, 0.05) is 17.6 Å². The van der Waals surface area contributed by atoms with Crippen molar-refractivity contribution < 1.29 is 27.1 Å². The first-order chi connectivity index (χ1) is 12.1. The molecule has 0 spiro atoms. The second-order valence-electron chi connectivity index (χ2n) is 4.96. The van der Waals surface area contributed by atoms with E-state index < -0.39 is 30.2 Å². The van der Waals surface area contributed by atoms with Gasteiger partial charge in [0.15, 0.2) is 0 Å². The van der Waals surface area contributed by atoms with Gasteiger partial charge in [0.2, 0.25) is 17.4 Å². The number of ether oxygens (including phenoxy) is 1. The minimum absolute atomic E-state index is 0.141. The summed E-state index contributed by atoms with van der Waals surface area (Å²) in [5.41, 5.74) is -1.14. The van der Waals surface area contributed by atoms with Crippen molar-refractivity contribution in [3.8, 4) is 5.88 Å². The van der Waals surface area contributed by atoms with Crippen molar-refractivity contribution in [2.75, 3.05) is 13.2 Å². The topological polar surface area (TPSA) is 48.6 Å². The summed E-state index contributed by atoms with van der Waals surface area (Å²) in [5.74, 6) is -2.30. The number of benzene rings is 1. The van der Waals surface area contributed by atoms with Crippen LogP contribution in [-0.2, 0) is 18.1 Å². The summed E-state index contributed by atoms with van der Waals surface area (Å²) in [7, 11) is 1.13. The van der Waals surface area contributed by atoms with Crippen LogP contribution in [-0.4, -0.2) is 28.7 Å². The minimum atomic E-state index is -4.94. The number of hydrogen-bond donors (Lipinski definition) is 0. The summed E-state index contributed by atoms with van der Waals surface area (Å²) in [5, 5.41) is 7.52. The molecule has 0 radical (unpaired) electrons. The lowest BCUT2D eigenvalue weighted by atomic mass is 10.1.